The Morgan fingerprint density at radius 3 is 2.79 bits per heavy atom. The fourth-order valence-electron chi connectivity index (χ4n) is 1.12. The maximum atomic E-state index is 4.13. The van der Waals surface area contributed by atoms with Crippen molar-refractivity contribution >= 4 is 11.8 Å². The van der Waals surface area contributed by atoms with Gasteiger partial charge in [0.15, 0.2) is 0 Å². The molecule has 0 unspecified atom stereocenters. The molecule has 14 heavy (non-hydrogen) atoms. The average Bonchev–Trinajstić information content (AvgIpc) is 2.52. The van der Waals surface area contributed by atoms with Crippen molar-refractivity contribution in [2.24, 2.45) is 7.05 Å². The molecule has 0 saturated heterocycles. The molecular weight excluding hydrogens is 178 g/mol. The van der Waals surface area contributed by atoms with Crippen LogP contribution < -0.4 is 5.32 Å². The van der Waals surface area contributed by atoms with Crippen LogP contribution in [0, 0.1) is 6.92 Å². The van der Waals surface area contributed by atoms with Gasteiger partial charge in [-0.1, -0.05) is 0 Å². The van der Waals surface area contributed by atoms with Gasteiger partial charge >= 0.3 is 0 Å². The largest absolute Gasteiger partial charge is 0.320 e. The van der Waals surface area contributed by atoms with Crippen molar-refractivity contribution in [3.8, 4) is 0 Å². The van der Waals surface area contributed by atoms with E-state index in [2.05, 4.69) is 20.3 Å². The molecule has 0 spiro atoms. The molecule has 0 saturated carbocycles. The highest BCUT2D eigenvalue weighted by atomic mass is 15.2. The van der Waals surface area contributed by atoms with Crippen LogP contribution in [0.3, 0.4) is 0 Å². The van der Waals surface area contributed by atoms with E-state index in [1.54, 1.807) is 6.20 Å². The molecule has 5 nitrogen and oxygen atoms in total. The summed E-state index contributed by atoms with van der Waals surface area (Å²) in [5, 5.41) is 3.09. The summed E-state index contributed by atoms with van der Waals surface area (Å²) in [6.07, 6.45) is 5.13. The molecule has 0 aliphatic rings. The Hall–Kier alpha value is -1.91. The van der Waals surface area contributed by atoms with Gasteiger partial charge in [0.25, 0.3) is 0 Å². The summed E-state index contributed by atoms with van der Waals surface area (Å²) in [5.74, 6) is 1.52. The van der Waals surface area contributed by atoms with Crippen LogP contribution in [0.15, 0.2) is 24.8 Å². The first-order valence-electron chi connectivity index (χ1n) is 4.29. The second-order valence-corrected chi connectivity index (χ2v) is 3.03. The van der Waals surface area contributed by atoms with Gasteiger partial charge in [0.05, 0.1) is 0 Å². The first kappa shape index (κ1) is 8.68. The molecule has 5 heteroatoms. The number of imidazole rings is 1. The molecule has 0 atom stereocenters. The van der Waals surface area contributed by atoms with Gasteiger partial charge in [0.1, 0.15) is 12.1 Å². The fraction of sp³-hybridized carbons (Fsp3) is 0.222. The normalized spacial score (nSPS) is 10.1. The van der Waals surface area contributed by atoms with E-state index in [0.29, 0.717) is 0 Å². The van der Waals surface area contributed by atoms with Gasteiger partial charge in [0.2, 0.25) is 5.95 Å². The van der Waals surface area contributed by atoms with E-state index in [4.69, 9.17) is 0 Å². The van der Waals surface area contributed by atoms with Crippen LogP contribution in [0.4, 0.5) is 11.8 Å². The zero-order valence-corrected chi connectivity index (χ0v) is 8.10. The van der Waals surface area contributed by atoms with Crippen molar-refractivity contribution in [3.63, 3.8) is 0 Å². The Morgan fingerprint density at radius 2 is 2.14 bits per heavy atom. The van der Waals surface area contributed by atoms with Gasteiger partial charge in [-0.25, -0.2) is 15.0 Å². The predicted octanol–water partition coefficient (Wildman–Crippen LogP) is 1.26. The Morgan fingerprint density at radius 1 is 1.29 bits per heavy atom. The van der Waals surface area contributed by atoms with Crippen LogP contribution in [0.2, 0.25) is 0 Å². The standard InChI is InChI=1S/C9H11N5/c1-7-5-8(12-6-11-7)13-9-10-3-4-14(9)2/h3-6H,1-2H3,(H,10,11,12,13). The number of nitrogens with zero attached hydrogens (tertiary/aromatic N) is 4. The Balaban J connectivity index is 2.23. The Kier molecular flexibility index (Phi) is 2.14. The van der Waals surface area contributed by atoms with Crippen molar-refractivity contribution in [1.29, 1.82) is 0 Å². The van der Waals surface area contributed by atoms with E-state index in [1.165, 1.54) is 6.33 Å². The van der Waals surface area contributed by atoms with Crippen LogP contribution in [-0.4, -0.2) is 19.5 Å². The molecule has 0 radical (unpaired) electrons. The first-order chi connectivity index (χ1) is 6.75. The molecule has 0 aromatic carbocycles. The maximum absolute atomic E-state index is 4.13. The third-order valence-electron chi connectivity index (χ3n) is 1.86. The lowest BCUT2D eigenvalue weighted by Gasteiger charge is -2.04. The van der Waals surface area contributed by atoms with Gasteiger partial charge in [0, 0.05) is 31.2 Å². The highest BCUT2D eigenvalue weighted by Gasteiger charge is 2.00. The summed E-state index contributed by atoms with van der Waals surface area (Å²) < 4.78 is 1.89. The molecule has 72 valence electrons. The van der Waals surface area contributed by atoms with Crippen LogP contribution in [0.5, 0.6) is 0 Å². The van der Waals surface area contributed by atoms with E-state index in [-0.39, 0.29) is 0 Å². The van der Waals surface area contributed by atoms with Crippen molar-refractivity contribution in [3.05, 3.63) is 30.5 Å². The number of aryl methyl sites for hydroxylation is 2. The summed E-state index contributed by atoms with van der Waals surface area (Å²) in [5.41, 5.74) is 0.928. The molecule has 1 N–H and O–H groups in total. The summed E-state index contributed by atoms with van der Waals surface area (Å²) >= 11 is 0. The number of hydrogen-bond donors (Lipinski definition) is 1. The predicted molar refractivity (Wildman–Crippen MR) is 53.3 cm³/mol. The molecule has 0 aliphatic heterocycles. The Bertz CT molecular complexity index is 434. The van der Waals surface area contributed by atoms with Crippen molar-refractivity contribution in [2.45, 2.75) is 6.92 Å². The van der Waals surface area contributed by atoms with Gasteiger partial charge in [-0.2, -0.15) is 0 Å². The second kappa shape index (κ2) is 3.45. The van der Waals surface area contributed by atoms with Crippen molar-refractivity contribution < 1.29 is 0 Å². The highest BCUT2D eigenvalue weighted by Crippen LogP contribution is 2.10. The van der Waals surface area contributed by atoms with Gasteiger partial charge in [-0.05, 0) is 6.92 Å². The van der Waals surface area contributed by atoms with Crippen LogP contribution in [0.25, 0.3) is 0 Å². The van der Waals surface area contributed by atoms with Crippen LogP contribution >= 0.6 is 0 Å². The van der Waals surface area contributed by atoms with Crippen LogP contribution in [0.1, 0.15) is 5.69 Å². The average molecular weight is 189 g/mol. The first-order valence-corrected chi connectivity index (χ1v) is 4.29. The fourth-order valence-corrected chi connectivity index (χ4v) is 1.12. The molecule has 0 bridgehead atoms. The molecule has 2 rings (SSSR count). The highest BCUT2D eigenvalue weighted by molar-refractivity contribution is 5.47. The summed E-state index contributed by atoms with van der Waals surface area (Å²) in [6.45, 7) is 1.92. The lowest BCUT2D eigenvalue weighted by molar-refractivity contribution is 0.920. The molecule has 2 aromatic rings. The maximum Gasteiger partial charge on any atom is 0.208 e. The number of anilines is 2. The third kappa shape index (κ3) is 1.71. The monoisotopic (exact) mass is 189 g/mol. The summed E-state index contributed by atoms with van der Waals surface area (Å²) in [6, 6.07) is 1.87. The zero-order chi connectivity index (χ0) is 9.97. The van der Waals surface area contributed by atoms with Crippen molar-refractivity contribution in [2.75, 3.05) is 5.32 Å². The number of hydrogen-bond acceptors (Lipinski definition) is 4. The molecule has 2 aromatic heterocycles. The number of aromatic nitrogens is 4. The quantitative estimate of drug-likeness (QED) is 0.772. The summed E-state index contributed by atoms with van der Waals surface area (Å²) in [4.78, 5) is 12.2. The van der Waals surface area contributed by atoms with E-state index in [9.17, 15) is 0 Å². The summed E-state index contributed by atoms with van der Waals surface area (Å²) in [7, 11) is 1.92. The lowest BCUT2D eigenvalue weighted by atomic mass is 10.4. The third-order valence-corrected chi connectivity index (χ3v) is 1.86. The zero-order valence-electron chi connectivity index (χ0n) is 8.10. The van der Waals surface area contributed by atoms with Gasteiger partial charge < -0.3 is 9.88 Å². The lowest BCUT2D eigenvalue weighted by Crippen LogP contribution is -2.00. The Labute approximate surface area is 81.8 Å². The molecule has 0 fully saturated rings. The van der Waals surface area contributed by atoms with E-state index in [0.717, 1.165) is 17.5 Å². The van der Waals surface area contributed by atoms with E-state index in [1.807, 2.05) is 30.8 Å². The minimum atomic E-state index is 0.756. The minimum Gasteiger partial charge on any atom is -0.320 e. The molecular formula is C9H11N5. The topological polar surface area (TPSA) is 55.6 Å². The van der Waals surface area contributed by atoms with E-state index < -0.39 is 0 Å². The molecule has 0 amide bonds. The number of nitrogens with one attached hydrogen (secondary N) is 1. The second-order valence-electron chi connectivity index (χ2n) is 3.03. The molecule has 0 aliphatic carbocycles. The molecule has 2 heterocycles. The van der Waals surface area contributed by atoms with E-state index >= 15 is 0 Å². The van der Waals surface area contributed by atoms with Crippen molar-refractivity contribution in [1.82, 2.24) is 19.5 Å². The minimum absolute atomic E-state index is 0.756. The van der Waals surface area contributed by atoms with Gasteiger partial charge in [-0.15, -0.1) is 0 Å². The van der Waals surface area contributed by atoms with Crippen LogP contribution in [-0.2, 0) is 7.05 Å². The SMILES string of the molecule is Cc1cc(Nc2nccn2C)ncn1. The smallest absolute Gasteiger partial charge is 0.208 e. The number of rotatable bonds is 2. The van der Waals surface area contributed by atoms with Gasteiger partial charge in [-0.3, -0.25) is 0 Å².